The number of ether oxygens (including phenoxy) is 2. The molecule has 27 heavy (non-hydrogen) atoms. The van der Waals surface area contributed by atoms with Gasteiger partial charge in [0.15, 0.2) is 6.10 Å². The second-order valence-electron chi connectivity index (χ2n) is 5.92. The van der Waals surface area contributed by atoms with E-state index in [1.165, 1.54) is 12.1 Å². The molecule has 0 spiro atoms. The van der Waals surface area contributed by atoms with Crippen molar-refractivity contribution in [1.29, 1.82) is 5.26 Å². The molecule has 136 valence electrons. The molecule has 3 rings (SSSR count). The average Bonchev–Trinajstić information content (AvgIpc) is 2.67. The van der Waals surface area contributed by atoms with Crippen LogP contribution in [0, 0.1) is 11.3 Å². The van der Waals surface area contributed by atoms with Gasteiger partial charge in [-0.2, -0.15) is 5.26 Å². The third-order valence-electron chi connectivity index (χ3n) is 4.03. The molecule has 0 saturated heterocycles. The first-order chi connectivity index (χ1) is 13.0. The number of hydrogen-bond acceptors (Lipinski definition) is 6. The normalized spacial score (nSPS) is 11.6. The summed E-state index contributed by atoms with van der Waals surface area (Å²) in [6, 6.07) is 14.8. The van der Waals surface area contributed by atoms with Crippen LogP contribution in [0.25, 0.3) is 11.0 Å². The lowest BCUT2D eigenvalue weighted by Crippen LogP contribution is -2.28. The number of hydrogen-bond donors (Lipinski definition) is 0. The van der Waals surface area contributed by atoms with E-state index in [1.807, 2.05) is 13.0 Å². The van der Waals surface area contributed by atoms with Gasteiger partial charge in [-0.05, 0) is 55.3 Å². The standard InChI is InChI=1S/C21H17NO5/c1-3-15-10-20(23)27-19-11-17(8-9-18(15)19)26-21(24)13(2)25-16-6-4-14(12-22)5-7-16/h4-11,13H,3H2,1-2H3. The van der Waals surface area contributed by atoms with Crippen molar-refractivity contribution < 1.29 is 18.7 Å². The van der Waals surface area contributed by atoms with Crippen molar-refractivity contribution in [1.82, 2.24) is 0 Å². The highest BCUT2D eigenvalue weighted by Gasteiger charge is 2.18. The van der Waals surface area contributed by atoms with E-state index in [2.05, 4.69) is 0 Å². The molecule has 1 atom stereocenters. The van der Waals surface area contributed by atoms with Gasteiger partial charge in [-0.1, -0.05) is 6.92 Å². The second kappa shape index (κ2) is 7.75. The lowest BCUT2D eigenvalue weighted by Gasteiger charge is -2.14. The Morgan fingerprint density at radius 2 is 1.85 bits per heavy atom. The molecule has 0 aliphatic rings. The largest absolute Gasteiger partial charge is 0.479 e. The molecule has 0 amide bonds. The molecule has 3 aromatic rings. The van der Waals surface area contributed by atoms with Crippen LogP contribution in [0.2, 0.25) is 0 Å². The van der Waals surface area contributed by atoms with Crippen molar-refractivity contribution in [2.45, 2.75) is 26.4 Å². The Bertz CT molecular complexity index is 1080. The number of fused-ring (bicyclic) bond motifs is 1. The first-order valence-electron chi connectivity index (χ1n) is 8.45. The van der Waals surface area contributed by atoms with Crippen molar-refractivity contribution in [3.05, 3.63) is 70.1 Å². The van der Waals surface area contributed by atoms with Crippen LogP contribution in [0.3, 0.4) is 0 Å². The molecule has 0 aliphatic carbocycles. The summed E-state index contributed by atoms with van der Waals surface area (Å²) in [6.07, 6.45) is -0.168. The minimum absolute atomic E-state index is 0.263. The van der Waals surface area contributed by atoms with E-state index in [9.17, 15) is 9.59 Å². The summed E-state index contributed by atoms with van der Waals surface area (Å²) >= 11 is 0. The highest BCUT2D eigenvalue weighted by atomic mass is 16.6. The van der Waals surface area contributed by atoms with E-state index in [0.29, 0.717) is 23.3 Å². The molecule has 0 radical (unpaired) electrons. The van der Waals surface area contributed by atoms with Crippen molar-refractivity contribution in [3.63, 3.8) is 0 Å². The van der Waals surface area contributed by atoms with Crippen LogP contribution in [0.4, 0.5) is 0 Å². The van der Waals surface area contributed by atoms with Gasteiger partial charge in [0.25, 0.3) is 0 Å². The number of nitrogens with zero attached hydrogens (tertiary/aromatic N) is 1. The van der Waals surface area contributed by atoms with Gasteiger partial charge in [0.1, 0.15) is 17.1 Å². The third-order valence-corrected chi connectivity index (χ3v) is 4.03. The Labute approximate surface area is 155 Å². The van der Waals surface area contributed by atoms with Crippen molar-refractivity contribution >= 4 is 16.9 Å². The van der Waals surface area contributed by atoms with Gasteiger partial charge in [0, 0.05) is 17.5 Å². The Morgan fingerprint density at radius 3 is 2.52 bits per heavy atom. The minimum atomic E-state index is -0.859. The highest BCUT2D eigenvalue weighted by Crippen LogP contribution is 2.23. The van der Waals surface area contributed by atoms with Crippen molar-refractivity contribution in [3.8, 4) is 17.6 Å². The summed E-state index contributed by atoms with van der Waals surface area (Å²) in [7, 11) is 0. The average molecular weight is 363 g/mol. The summed E-state index contributed by atoms with van der Waals surface area (Å²) in [5.41, 5.74) is 1.30. The van der Waals surface area contributed by atoms with Gasteiger partial charge >= 0.3 is 11.6 Å². The molecule has 1 unspecified atom stereocenters. The number of carbonyl (C=O) groups is 1. The Hall–Kier alpha value is -3.59. The Balaban J connectivity index is 1.74. The van der Waals surface area contributed by atoms with Gasteiger partial charge < -0.3 is 13.9 Å². The molecular formula is C21H17NO5. The maximum atomic E-state index is 12.3. The number of benzene rings is 2. The molecule has 0 aliphatic heterocycles. The van der Waals surface area contributed by atoms with E-state index in [-0.39, 0.29) is 5.75 Å². The molecule has 6 heteroatoms. The van der Waals surface area contributed by atoms with Gasteiger partial charge in [0.2, 0.25) is 0 Å². The molecule has 2 aromatic carbocycles. The van der Waals surface area contributed by atoms with Crippen molar-refractivity contribution in [2.24, 2.45) is 0 Å². The Kier molecular flexibility index (Phi) is 5.23. The smallest absolute Gasteiger partial charge is 0.352 e. The Morgan fingerprint density at radius 1 is 1.15 bits per heavy atom. The number of carbonyl (C=O) groups excluding carboxylic acids is 1. The van der Waals surface area contributed by atoms with Crippen LogP contribution in [0.1, 0.15) is 25.0 Å². The van der Waals surface area contributed by atoms with Crippen molar-refractivity contribution in [2.75, 3.05) is 0 Å². The predicted octanol–water partition coefficient (Wildman–Crippen LogP) is 3.60. The summed E-state index contributed by atoms with van der Waals surface area (Å²) in [5, 5.41) is 9.60. The number of nitriles is 1. The van der Waals surface area contributed by atoms with E-state index in [1.54, 1.807) is 43.3 Å². The third kappa shape index (κ3) is 4.15. The van der Waals surface area contributed by atoms with Crippen LogP contribution < -0.4 is 15.1 Å². The monoisotopic (exact) mass is 363 g/mol. The van der Waals surface area contributed by atoms with Gasteiger partial charge in [-0.25, -0.2) is 9.59 Å². The second-order valence-corrected chi connectivity index (χ2v) is 5.92. The van der Waals surface area contributed by atoms with Crippen LogP contribution in [0.5, 0.6) is 11.5 Å². The van der Waals surface area contributed by atoms with E-state index < -0.39 is 17.7 Å². The first kappa shape index (κ1) is 18.2. The fourth-order valence-corrected chi connectivity index (χ4v) is 2.63. The maximum Gasteiger partial charge on any atom is 0.352 e. The quantitative estimate of drug-likeness (QED) is 0.391. The summed E-state index contributed by atoms with van der Waals surface area (Å²) in [5.74, 6) is 0.127. The van der Waals surface area contributed by atoms with Gasteiger partial charge in [-0.3, -0.25) is 0 Å². The molecule has 0 saturated carbocycles. The predicted molar refractivity (Wildman–Crippen MR) is 98.7 cm³/mol. The maximum absolute atomic E-state index is 12.3. The van der Waals surface area contributed by atoms with Crippen LogP contribution in [-0.4, -0.2) is 12.1 Å². The van der Waals surface area contributed by atoms with E-state index in [4.69, 9.17) is 19.2 Å². The zero-order valence-corrected chi connectivity index (χ0v) is 14.9. The van der Waals surface area contributed by atoms with E-state index >= 15 is 0 Å². The molecule has 1 heterocycles. The molecule has 0 fully saturated rings. The van der Waals surface area contributed by atoms with E-state index in [0.717, 1.165) is 10.9 Å². The number of esters is 1. The zero-order valence-electron chi connectivity index (χ0n) is 14.9. The summed E-state index contributed by atoms with van der Waals surface area (Å²) < 4.78 is 16.1. The SMILES string of the molecule is CCc1cc(=O)oc2cc(OC(=O)C(C)Oc3ccc(C#N)cc3)ccc12. The minimum Gasteiger partial charge on any atom is -0.479 e. The first-order valence-corrected chi connectivity index (χ1v) is 8.45. The lowest BCUT2D eigenvalue weighted by molar-refractivity contribution is -0.141. The van der Waals surface area contributed by atoms with Crippen LogP contribution in [0.15, 0.2) is 57.7 Å². The summed E-state index contributed by atoms with van der Waals surface area (Å²) in [6.45, 7) is 3.52. The molecule has 0 bridgehead atoms. The lowest BCUT2D eigenvalue weighted by atomic mass is 10.1. The molecular weight excluding hydrogens is 346 g/mol. The molecule has 6 nitrogen and oxygen atoms in total. The fourth-order valence-electron chi connectivity index (χ4n) is 2.63. The highest BCUT2D eigenvalue weighted by molar-refractivity contribution is 5.83. The van der Waals surface area contributed by atoms with Crippen LogP contribution in [-0.2, 0) is 11.2 Å². The number of aryl methyl sites for hydroxylation is 1. The van der Waals surface area contributed by atoms with Gasteiger partial charge in [-0.15, -0.1) is 0 Å². The number of rotatable bonds is 5. The molecule has 1 aromatic heterocycles. The summed E-state index contributed by atoms with van der Waals surface area (Å²) in [4.78, 5) is 23.9. The van der Waals surface area contributed by atoms with Gasteiger partial charge in [0.05, 0.1) is 11.6 Å². The van der Waals surface area contributed by atoms with Crippen LogP contribution >= 0.6 is 0 Å². The molecule has 0 N–H and O–H groups in total. The zero-order chi connectivity index (χ0) is 19.4. The fraction of sp³-hybridized carbons (Fsp3) is 0.190. The topological polar surface area (TPSA) is 89.5 Å².